The van der Waals surface area contributed by atoms with E-state index in [1.807, 2.05) is 29.2 Å². The molecule has 1 aliphatic heterocycles. The molecule has 4 heterocycles. The van der Waals surface area contributed by atoms with Crippen LogP contribution in [0.25, 0.3) is 17.0 Å². The van der Waals surface area contributed by atoms with Gasteiger partial charge in [-0.25, -0.2) is 14.5 Å². The summed E-state index contributed by atoms with van der Waals surface area (Å²) in [5, 5.41) is 8.67. The summed E-state index contributed by atoms with van der Waals surface area (Å²) in [5.41, 5.74) is 3.40. The maximum Gasteiger partial charge on any atom is 0.341 e. The quantitative estimate of drug-likeness (QED) is 0.364. The van der Waals surface area contributed by atoms with Crippen molar-refractivity contribution in [2.75, 3.05) is 25.2 Å². The molecule has 36 heavy (non-hydrogen) atoms. The first-order valence-corrected chi connectivity index (χ1v) is 11.7. The Balaban J connectivity index is 1.40. The van der Waals surface area contributed by atoms with E-state index < -0.39 is 5.97 Å². The Bertz CT molecular complexity index is 1440. The largest absolute Gasteiger partial charge is 0.479 e. The molecule has 0 N–H and O–H groups in total. The van der Waals surface area contributed by atoms with E-state index in [1.165, 1.54) is 24.2 Å². The Morgan fingerprint density at radius 3 is 2.56 bits per heavy atom. The van der Waals surface area contributed by atoms with E-state index in [2.05, 4.69) is 34.0 Å². The van der Waals surface area contributed by atoms with Crippen molar-refractivity contribution in [1.29, 1.82) is 0 Å². The summed E-state index contributed by atoms with van der Waals surface area (Å²) >= 11 is 0. The second kappa shape index (κ2) is 9.06. The molecule has 0 unspecified atom stereocenters. The average Bonchev–Trinajstić information content (AvgIpc) is 3.56. The van der Waals surface area contributed by atoms with Crippen molar-refractivity contribution in [3.05, 3.63) is 54.0 Å². The molecule has 1 aliphatic rings. The topological polar surface area (TPSA) is 117 Å². The van der Waals surface area contributed by atoms with Gasteiger partial charge < -0.3 is 14.4 Å². The lowest BCUT2D eigenvalue weighted by Gasteiger charge is -2.20. The number of nitrogens with zero attached hydrogens (tertiary/aromatic N) is 7. The Hall–Kier alpha value is -4.28. The molecule has 11 nitrogen and oxygen atoms in total. The molecule has 0 aliphatic carbocycles. The van der Waals surface area contributed by atoms with Gasteiger partial charge in [-0.2, -0.15) is 15.2 Å². The van der Waals surface area contributed by atoms with E-state index in [-0.39, 0.29) is 23.9 Å². The molecule has 0 spiro atoms. The predicted molar refractivity (Wildman–Crippen MR) is 131 cm³/mol. The second-order valence-electron chi connectivity index (χ2n) is 9.45. The minimum atomic E-state index is -0.464. The molecule has 0 radical (unpaired) electrons. The van der Waals surface area contributed by atoms with Gasteiger partial charge in [0.2, 0.25) is 11.8 Å². The highest BCUT2D eigenvalue weighted by Crippen LogP contribution is 2.33. The zero-order valence-electron chi connectivity index (χ0n) is 20.6. The van der Waals surface area contributed by atoms with Crippen LogP contribution in [0.3, 0.4) is 0 Å². The van der Waals surface area contributed by atoms with Gasteiger partial charge in [0.1, 0.15) is 11.0 Å². The predicted octanol–water partition coefficient (Wildman–Crippen LogP) is 3.01. The number of ether oxygens (including phenoxy) is 2. The summed E-state index contributed by atoms with van der Waals surface area (Å²) in [6, 6.07) is 7.91. The maximum absolute atomic E-state index is 12.4. The number of aromatic nitrogens is 6. The van der Waals surface area contributed by atoms with Gasteiger partial charge in [0.15, 0.2) is 0 Å². The SMILES string of the molecule is CCOC(=O)c1cnn(-c2nc(OC)c3c(cnn3Cc3ccc(N4CC(C)(C)CC4=O)cc3)n2)c1. The van der Waals surface area contributed by atoms with Gasteiger partial charge in [-0.15, -0.1) is 0 Å². The first-order chi connectivity index (χ1) is 17.3. The summed E-state index contributed by atoms with van der Waals surface area (Å²) < 4.78 is 13.7. The molecular formula is C25H27N7O4. The van der Waals surface area contributed by atoms with Crippen LogP contribution in [0.15, 0.2) is 42.9 Å². The zero-order chi connectivity index (χ0) is 25.4. The van der Waals surface area contributed by atoms with Crippen molar-refractivity contribution in [3.63, 3.8) is 0 Å². The Morgan fingerprint density at radius 1 is 1.11 bits per heavy atom. The fourth-order valence-corrected chi connectivity index (χ4v) is 4.34. The highest BCUT2D eigenvalue weighted by atomic mass is 16.5. The lowest BCUT2D eigenvalue weighted by molar-refractivity contribution is -0.117. The first kappa shape index (κ1) is 23.5. The second-order valence-corrected chi connectivity index (χ2v) is 9.45. The third-order valence-electron chi connectivity index (χ3n) is 6.03. The minimum absolute atomic E-state index is 0.0182. The Kier molecular flexibility index (Phi) is 5.91. The fourth-order valence-electron chi connectivity index (χ4n) is 4.34. The number of esters is 1. The van der Waals surface area contributed by atoms with Crippen LogP contribution in [0.2, 0.25) is 0 Å². The van der Waals surface area contributed by atoms with E-state index in [1.54, 1.807) is 17.8 Å². The van der Waals surface area contributed by atoms with Crippen molar-refractivity contribution < 1.29 is 19.1 Å². The van der Waals surface area contributed by atoms with Crippen LogP contribution >= 0.6 is 0 Å². The lowest BCUT2D eigenvalue weighted by atomic mass is 9.93. The number of rotatable bonds is 7. The third-order valence-corrected chi connectivity index (χ3v) is 6.03. The highest BCUT2D eigenvalue weighted by molar-refractivity contribution is 5.96. The van der Waals surface area contributed by atoms with Crippen LogP contribution in [0.1, 0.15) is 43.1 Å². The van der Waals surface area contributed by atoms with Crippen molar-refractivity contribution in [2.24, 2.45) is 5.41 Å². The van der Waals surface area contributed by atoms with Crippen LogP contribution in [0.4, 0.5) is 5.69 Å². The fraction of sp³-hybridized carbons (Fsp3) is 0.360. The highest BCUT2D eigenvalue weighted by Gasteiger charge is 2.36. The number of carbonyl (C=O) groups is 2. The molecule has 1 fully saturated rings. The van der Waals surface area contributed by atoms with Gasteiger partial charge in [0, 0.05) is 24.8 Å². The molecule has 5 rings (SSSR count). The molecule has 4 aromatic rings. The smallest absolute Gasteiger partial charge is 0.341 e. The van der Waals surface area contributed by atoms with Gasteiger partial charge in [-0.3, -0.25) is 9.48 Å². The summed E-state index contributed by atoms with van der Waals surface area (Å²) in [4.78, 5) is 35.2. The Morgan fingerprint density at radius 2 is 1.89 bits per heavy atom. The Labute approximate surface area is 207 Å². The molecule has 3 aromatic heterocycles. The summed E-state index contributed by atoms with van der Waals surface area (Å²) in [6.45, 7) is 7.41. The summed E-state index contributed by atoms with van der Waals surface area (Å²) in [7, 11) is 1.53. The van der Waals surface area contributed by atoms with E-state index in [0.29, 0.717) is 42.0 Å². The van der Waals surface area contributed by atoms with Gasteiger partial charge in [-0.1, -0.05) is 26.0 Å². The summed E-state index contributed by atoms with van der Waals surface area (Å²) in [5.74, 6) is 0.266. The van der Waals surface area contributed by atoms with Gasteiger partial charge in [0.25, 0.3) is 5.95 Å². The number of anilines is 1. The molecule has 11 heteroatoms. The molecule has 0 saturated carbocycles. The number of hydrogen-bond acceptors (Lipinski definition) is 8. The molecule has 0 bridgehead atoms. The summed E-state index contributed by atoms with van der Waals surface area (Å²) in [6.07, 6.45) is 5.11. The number of methoxy groups -OCH3 is 1. The van der Waals surface area contributed by atoms with Gasteiger partial charge in [-0.05, 0) is 30.0 Å². The van der Waals surface area contributed by atoms with E-state index >= 15 is 0 Å². The van der Waals surface area contributed by atoms with Crippen LogP contribution in [0, 0.1) is 5.41 Å². The van der Waals surface area contributed by atoms with E-state index in [4.69, 9.17) is 9.47 Å². The maximum atomic E-state index is 12.4. The first-order valence-electron chi connectivity index (χ1n) is 11.7. The number of hydrogen-bond donors (Lipinski definition) is 0. The van der Waals surface area contributed by atoms with Crippen molar-refractivity contribution in [2.45, 2.75) is 33.7 Å². The van der Waals surface area contributed by atoms with E-state index in [0.717, 1.165) is 11.3 Å². The number of benzene rings is 1. The van der Waals surface area contributed by atoms with Crippen molar-refractivity contribution in [3.8, 4) is 11.8 Å². The normalized spacial score (nSPS) is 15.0. The van der Waals surface area contributed by atoms with Gasteiger partial charge in [0.05, 0.1) is 38.2 Å². The number of fused-ring (bicyclic) bond motifs is 1. The molecule has 0 atom stereocenters. The van der Waals surface area contributed by atoms with Crippen molar-refractivity contribution in [1.82, 2.24) is 29.5 Å². The van der Waals surface area contributed by atoms with Crippen LogP contribution in [-0.2, 0) is 16.1 Å². The van der Waals surface area contributed by atoms with Crippen LogP contribution in [0.5, 0.6) is 5.88 Å². The zero-order valence-corrected chi connectivity index (χ0v) is 20.6. The van der Waals surface area contributed by atoms with Crippen molar-refractivity contribution >= 4 is 28.6 Å². The minimum Gasteiger partial charge on any atom is -0.479 e. The van der Waals surface area contributed by atoms with E-state index in [9.17, 15) is 9.59 Å². The lowest BCUT2D eigenvalue weighted by Crippen LogP contribution is -2.25. The molecule has 1 aromatic carbocycles. The average molecular weight is 490 g/mol. The third kappa shape index (κ3) is 4.39. The monoisotopic (exact) mass is 489 g/mol. The number of carbonyl (C=O) groups excluding carboxylic acids is 2. The van der Waals surface area contributed by atoms with Gasteiger partial charge >= 0.3 is 5.97 Å². The molecule has 1 saturated heterocycles. The standard InChI is InChI=1S/C25H27N7O4/c1-5-36-23(34)17-11-26-32(14-17)24-28-19-12-27-31(21(19)22(29-24)35-4)13-16-6-8-18(9-7-16)30-15-25(2,3)10-20(30)33/h6-9,11-12,14H,5,10,13,15H2,1-4H3. The molecule has 186 valence electrons. The molecule has 1 amide bonds. The molecular weight excluding hydrogens is 462 g/mol. The van der Waals surface area contributed by atoms with Crippen LogP contribution in [-0.4, -0.2) is 61.7 Å². The van der Waals surface area contributed by atoms with Crippen LogP contribution < -0.4 is 9.64 Å². The number of amides is 1.